The summed E-state index contributed by atoms with van der Waals surface area (Å²) in [6.45, 7) is 26.9. The molecule has 3 atom stereocenters. The van der Waals surface area contributed by atoms with Crippen molar-refractivity contribution in [2.24, 2.45) is 17.8 Å². The Labute approximate surface area is 190 Å². The highest BCUT2D eigenvalue weighted by Gasteiger charge is 2.66. The van der Waals surface area contributed by atoms with Crippen molar-refractivity contribution in [3.8, 4) is 0 Å². The zero-order chi connectivity index (χ0) is 21.6. The van der Waals surface area contributed by atoms with Gasteiger partial charge in [-0.15, -0.1) is 14.6 Å². The van der Waals surface area contributed by atoms with Gasteiger partial charge in [-0.2, -0.15) is 0 Å². The van der Waals surface area contributed by atoms with Crippen molar-refractivity contribution >= 4 is 25.1 Å². The molecule has 174 valence electrons. The molecule has 6 nitrogen and oxygen atoms in total. The van der Waals surface area contributed by atoms with Crippen LogP contribution in [0.4, 0.5) is 0 Å². The predicted octanol–water partition coefficient (Wildman–Crippen LogP) is 5.08. The molecule has 9 heteroatoms. The molecule has 0 radical (unpaired) electrons. The summed E-state index contributed by atoms with van der Waals surface area (Å²) in [5.74, 6) is 2.50. The minimum absolute atomic E-state index is 0.326. The van der Waals surface area contributed by atoms with Gasteiger partial charge in [0, 0.05) is 17.8 Å². The van der Waals surface area contributed by atoms with Gasteiger partial charge in [0.1, 0.15) is 39.3 Å². The van der Waals surface area contributed by atoms with E-state index >= 15 is 0 Å². The number of rotatable bonds is 12. The molecule has 0 saturated carbocycles. The normalized spacial score (nSPS) is 36.0. The quantitative estimate of drug-likeness (QED) is 0.271. The van der Waals surface area contributed by atoms with Crippen LogP contribution in [-0.2, 0) is 0 Å². The monoisotopic (exact) mass is 477 g/mol. The summed E-state index contributed by atoms with van der Waals surface area (Å²) in [5, 5.41) is 0. The van der Waals surface area contributed by atoms with E-state index in [4.69, 9.17) is 0 Å². The zero-order valence-electron chi connectivity index (χ0n) is 20.4. The van der Waals surface area contributed by atoms with Crippen LogP contribution in [0.5, 0.6) is 0 Å². The summed E-state index contributed by atoms with van der Waals surface area (Å²) in [6.07, 6.45) is 3.94. The summed E-state index contributed by atoms with van der Waals surface area (Å²) in [6, 6.07) is 0. The van der Waals surface area contributed by atoms with Gasteiger partial charge in [-0.25, -0.2) is 0 Å². The Morgan fingerprint density at radius 2 is 0.767 bits per heavy atom. The predicted molar refractivity (Wildman–Crippen MR) is 133 cm³/mol. The third-order valence-corrected chi connectivity index (χ3v) is 16.9. The van der Waals surface area contributed by atoms with Gasteiger partial charge in [0.2, 0.25) is 0 Å². The molecule has 3 N–H and O–H groups in total. The first kappa shape index (κ1) is 24.2. The SMILES string of the molecule is CCC(C)C[N+]1(P2NP([N+]3(CC(C)CC)CC3)NP([N+]3(CC(C)CC)CC3)N2)CC1. The van der Waals surface area contributed by atoms with Crippen LogP contribution < -0.4 is 14.6 Å². The van der Waals surface area contributed by atoms with Crippen molar-refractivity contribution in [1.82, 2.24) is 14.6 Å². The second-order valence-corrected chi connectivity index (χ2v) is 17.8. The maximum atomic E-state index is 4.27. The third-order valence-electron chi connectivity index (χ3n) is 8.11. The molecule has 4 saturated heterocycles. The number of quaternary nitrogens is 3. The Kier molecular flexibility index (Phi) is 7.55. The second-order valence-electron chi connectivity index (χ2n) is 11.0. The van der Waals surface area contributed by atoms with Crippen LogP contribution in [0.15, 0.2) is 0 Å². The largest absolute Gasteiger partial charge is 0.284 e. The molecule has 4 aliphatic rings. The molecule has 4 rings (SSSR count). The topological polar surface area (TPSA) is 36.1 Å². The average molecular weight is 478 g/mol. The highest BCUT2D eigenvalue weighted by atomic mass is 31.3. The minimum atomic E-state index is -0.326. The number of hydrogen-bond acceptors (Lipinski definition) is 3. The molecule has 0 aromatic carbocycles. The zero-order valence-corrected chi connectivity index (χ0v) is 23.1. The van der Waals surface area contributed by atoms with Crippen molar-refractivity contribution in [3.63, 3.8) is 0 Å². The molecule has 30 heavy (non-hydrogen) atoms. The fourth-order valence-corrected chi connectivity index (χ4v) is 16.0. The molecular weight excluding hydrogens is 429 g/mol. The smallest absolute Gasteiger partial charge is 0.274 e. The van der Waals surface area contributed by atoms with Gasteiger partial charge in [-0.3, -0.25) is 12.8 Å². The van der Waals surface area contributed by atoms with Crippen molar-refractivity contribution < 1.29 is 12.8 Å². The van der Waals surface area contributed by atoms with E-state index in [1.54, 1.807) is 0 Å². The maximum absolute atomic E-state index is 4.27. The standard InChI is InChI=1S/C21H48N6P3/c1-7-19(4)16-25(10-11-25)28-22-29(26(12-13-26)17-20(5)8-2)24-30(23-28)27(14-15-27)18-21(6)9-3/h19-24H,7-18H2,1-6H3/q+3. The van der Waals surface area contributed by atoms with E-state index in [9.17, 15) is 0 Å². The van der Waals surface area contributed by atoms with E-state index in [2.05, 4.69) is 56.1 Å². The Morgan fingerprint density at radius 1 is 0.533 bits per heavy atom. The summed E-state index contributed by atoms with van der Waals surface area (Å²) in [5.41, 5.74) is 0. The molecule has 4 heterocycles. The average Bonchev–Trinajstić information content (AvgIpc) is 3.61. The fourth-order valence-electron chi connectivity index (χ4n) is 4.77. The summed E-state index contributed by atoms with van der Waals surface area (Å²) in [4.78, 5) is 12.8. The first-order valence-corrected chi connectivity index (χ1v) is 16.5. The van der Waals surface area contributed by atoms with Crippen LogP contribution >= 0.6 is 25.1 Å². The van der Waals surface area contributed by atoms with E-state index < -0.39 is 0 Å². The van der Waals surface area contributed by atoms with Crippen molar-refractivity contribution in [3.05, 3.63) is 0 Å². The molecule has 0 bridgehead atoms. The van der Waals surface area contributed by atoms with E-state index in [1.165, 1.54) is 90.9 Å². The lowest BCUT2D eigenvalue weighted by atomic mass is 10.1. The Morgan fingerprint density at radius 3 is 0.933 bits per heavy atom. The van der Waals surface area contributed by atoms with E-state index in [0.717, 1.165) is 17.8 Å². The van der Waals surface area contributed by atoms with E-state index in [-0.39, 0.29) is 25.1 Å². The second kappa shape index (κ2) is 9.36. The van der Waals surface area contributed by atoms with Crippen LogP contribution in [-0.4, -0.2) is 71.7 Å². The molecular formula is C21H48N6P3+3. The highest BCUT2D eigenvalue weighted by Crippen LogP contribution is 2.70. The first-order valence-electron chi connectivity index (χ1n) is 12.6. The first-order chi connectivity index (χ1) is 14.3. The lowest BCUT2D eigenvalue weighted by Gasteiger charge is -2.43. The maximum Gasteiger partial charge on any atom is 0.284 e. The van der Waals surface area contributed by atoms with Gasteiger partial charge in [-0.05, 0) is 19.3 Å². The fraction of sp³-hybridized carbons (Fsp3) is 1.00. The Bertz CT molecular complexity index is 508. The van der Waals surface area contributed by atoms with Crippen LogP contribution in [0.1, 0.15) is 60.8 Å². The molecule has 0 spiro atoms. The van der Waals surface area contributed by atoms with Gasteiger partial charge < -0.3 is 0 Å². The third kappa shape index (κ3) is 5.08. The van der Waals surface area contributed by atoms with Gasteiger partial charge in [-0.1, -0.05) is 41.5 Å². The molecule has 0 aromatic rings. The van der Waals surface area contributed by atoms with Crippen LogP contribution in [0.25, 0.3) is 0 Å². The molecule has 4 aliphatic heterocycles. The van der Waals surface area contributed by atoms with Gasteiger partial charge in [0.15, 0.2) is 0 Å². The molecule has 0 aromatic heterocycles. The van der Waals surface area contributed by atoms with Crippen molar-refractivity contribution in [2.75, 3.05) is 58.9 Å². The molecule has 4 fully saturated rings. The number of nitrogens with one attached hydrogen (secondary N) is 3. The van der Waals surface area contributed by atoms with Gasteiger partial charge in [0.25, 0.3) is 25.1 Å². The van der Waals surface area contributed by atoms with Crippen LogP contribution in [0, 0.1) is 17.8 Å². The van der Waals surface area contributed by atoms with Crippen LogP contribution in [0.2, 0.25) is 0 Å². The van der Waals surface area contributed by atoms with E-state index in [1.807, 2.05) is 0 Å². The highest BCUT2D eigenvalue weighted by molar-refractivity contribution is 7.78. The van der Waals surface area contributed by atoms with E-state index in [0.29, 0.717) is 0 Å². The lowest BCUT2D eigenvalue weighted by Crippen LogP contribution is -2.48. The van der Waals surface area contributed by atoms with Gasteiger partial charge in [0.05, 0.1) is 19.6 Å². The summed E-state index contributed by atoms with van der Waals surface area (Å²) < 4.78 is 4.03. The lowest BCUT2D eigenvalue weighted by molar-refractivity contribution is -0.681. The molecule has 0 aliphatic carbocycles. The van der Waals surface area contributed by atoms with Crippen molar-refractivity contribution in [2.45, 2.75) is 60.8 Å². The molecule has 0 amide bonds. The Hall–Kier alpha value is 1.05. The van der Waals surface area contributed by atoms with Gasteiger partial charge >= 0.3 is 0 Å². The van der Waals surface area contributed by atoms with Crippen molar-refractivity contribution in [1.29, 1.82) is 0 Å². The number of hydrogen-bond donors (Lipinski definition) is 3. The molecule has 3 unspecified atom stereocenters. The Balaban J connectivity index is 1.53. The minimum Gasteiger partial charge on any atom is -0.274 e. The summed E-state index contributed by atoms with van der Waals surface area (Å²) >= 11 is 0. The van der Waals surface area contributed by atoms with Crippen LogP contribution in [0.3, 0.4) is 0 Å². The number of nitrogens with zero attached hydrogens (tertiary/aromatic N) is 3. The summed E-state index contributed by atoms with van der Waals surface area (Å²) in [7, 11) is -0.979.